The van der Waals surface area contributed by atoms with Crippen molar-refractivity contribution in [3.63, 3.8) is 0 Å². The first-order chi connectivity index (χ1) is 10.6. The van der Waals surface area contributed by atoms with Crippen LogP contribution in [-0.4, -0.2) is 25.8 Å². The van der Waals surface area contributed by atoms with Gasteiger partial charge >= 0.3 is 5.97 Å². The van der Waals surface area contributed by atoms with Crippen molar-refractivity contribution < 1.29 is 14.3 Å². The maximum atomic E-state index is 10.9. The Morgan fingerprint density at radius 3 is 2.86 bits per heavy atom. The van der Waals surface area contributed by atoms with Gasteiger partial charge in [-0.15, -0.1) is 0 Å². The van der Waals surface area contributed by atoms with Crippen LogP contribution in [0, 0.1) is 0 Å². The Morgan fingerprint density at radius 1 is 1.36 bits per heavy atom. The Kier molecular flexibility index (Phi) is 3.74. The van der Waals surface area contributed by atoms with Gasteiger partial charge in [0.1, 0.15) is 5.52 Å². The van der Waals surface area contributed by atoms with Crippen molar-refractivity contribution in [1.29, 1.82) is 0 Å². The number of aryl methyl sites for hydroxylation is 1. The Bertz CT molecular complexity index is 812. The maximum Gasteiger partial charge on any atom is 0.303 e. The molecule has 0 spiro atoms. The average molecular weight is 297 g/mol. The lowest BCUT2D eigenvalue weighted by Gasteiger charge is -2.00. The molecule has 0 bridgehead atoms. The highest BCUT2D eigenvalue weighted by Crippen LogP contribution is 2.26. The molecule has 0 aliphatic heterocycles. The molecule has 0 atom stereocenters. The minimum Gasteiger partial charge on any atom is -0.481 e. The number of allylic oxidation sites excluding steroid dienone is 1. The average Bonchev–Trinajstić information content (AvgIpc) is 3.09. The Balaban J connectivity index is 1.99. The van der Waals surface area contributed by atoms with E-state index in [1.165, 1.54) is 0 Å². The predicted molar refractivity (Wildman–Crippen MR) is 82.0 cm³/mol. The molecular formula is C16H15N3O3. The van der Waals surface area contributed by atoms with Crippen LogP contribution in [0.2, 0.25) is 0 Å². The standard InChI is InChI=1S/C16H15N3O3/c1-19-10-11(9-17-19)8-12(6-7-15(20)21)16-18-13-4-2-3-5-14(13)22-16/h2-5,8-10H,6-7H2,1H3,(H,20,21). The molecule has 2 aromatic heterocycles. The number of fused-ring (bicyclic) bond motifs is 1. The quantitative estimate of drug-likeness (QED) is 0.783. The Labute approximate surface area is 126 Å². The number of para-hydroxylation sites is 2. The molecule has 0 unspecified atom stereocenters. The zero-order valence-electron chi connectivity index (χ0n) is 12.1. The van der Waals surface area contributed by atoms with Crippen molar-refractivity contribution in [2.24, 2.45) is 7.05 Å². The summed E-state index contributed by atoms with van der Waals surface area (Å²) in [6, 6.07) is 7.46. The second-order valence-electron chi connectivity index (χ2n) is 5.00. The van der Waals surface area contributed by atoms with Crippen LogP contribution >= 0.6 is 0 Å². The number of oxazole rings is 1. The van der Waals surface area contributed by atoms with Gasteiger partial charge in [-0.1, -0.05) is 12.1 Å². The highest BCUT2D eigenvalue weighted by Gasteiger charge is 2.13. The predicted octanol–water partition coefficient (Wildman–Crippen LogP) is 2.97. The molecule has 0 fully saturated rings. The van der Waals surface area contributed by atoms with E-state index in [1.54, 1.807) is 10.9 Å². The van der Waals surface area contributed by atoms with E-state index < -0.39 is 5.97 Å². The molecule has 1 aromatic carbocycles. The van der Waals surface area contributed by atoms with Crippen molar-refractivity contribution in [3.8, 4) is 0 Å². The molecule has 6 nitrogen and oxygen atoms in total. The number of nitrogens with zero attached hydrogens (tertiary/aromatic N) is 3. The monoisotopic (exact) mass is 297 g/mol. The number of carboxylic acid groups (broad SMARTS) is 1. The lowest BCUT2D eigenvalue weighted by Crippen LogP contribution is -1.96. The largest absolute Gasteiger partial charge is 0.481 e. The number of carboxylic acids is 1. The van der Waals surface area contributed by atoms with E-state index in [4.69, 9.17) is 9.52 Å². The fraction of sp³-hybridized carbons (Fsp3) is 0.188. The summed E-state index contributed by atoms with van der Waals surface area (Å²) in [7, 11) is 1.83. The summed E-state index contributed by atoms with van der Waals surface area (Å²) in [6.07, 6.45) is 5.79. The number of hydrogen-bond acceptors (Lipinski definition) is 4. The van der Waals surface area contributed by atoms with Gasteiger partial charge < -0.3 is 9.52 Å². The summed E-state index contributed by atoms with van der Waals surface area (Å²) in [5.74, 6) is -0.403. The number of hydrogen-bond donors (Lipinski definition) is 1. The summed E-state index contributed by atoms with van der Waals surface area (Å²) >= 11 is 0. The zero-order chi connectivity index (χ0) is 15.5. The van der Waals surface area contributed by atoms with Gasteiger partial charge in [-0.25, -0.2) is 4.98 Å². The molecule has 3 aromatic rings. The van der Waals surface area contributed by atoms with E-state index in [1.807, 2.05) is 43.6 Å². The van der Waals surface area contributed by atoms with Gasteiger partial charge in [-0.05, 0) is 24.6 Å². The Hall–Kier alpha value is -2.89. The Morgan fingerprint density at radius 2 is 2.18 bits per heavy atom. The van der Waals surface area contributed by atoms with Crippen LogP contribution < -0.4 is 0 Å². The van der Waals surface area contributed by atoms with Gasteiger partial charge in [0.05, 0.1) is 6.20 Å². The molecule has 0 aliphatic rings. The summed E-state index contributed by atoms with van der Waals surface area (Å²) in [5.41, 5.74) is 3.06. The zero-order valence-corrected chi connectivity index (χ0v) is 12.1. The molecule has 3 rings (SSSR count). The third kappa shape index (κ3) is 3.06. The number of rotatable bonds is 5. The number of aromatic nitrogens is 3. The number of carbonyl (C=O) groups is 1. The van der Waals surface area contributed by atoms with Crippen LogP contribution in [0.1, 0.15) is 24.3 Å². The van der Waals surface area contributed by atoms with E-state index in [0.717, 1.165) is 16.7 Å². The van der Waals surface area contributed by atoms with E-state index in [2.05, 4.69) is 10.1 Å². The first-order valence-corrected chi connectivity index (χ1v) is 6.89. The summed E-state index contributed by atoms with van der Waals surface area (Å²) < 4.78 is 7.43. The fourth-order valence-electron chi connectivity index (χ4n) is 2.21. The van der Waals surface area contributed by atoms with Gasteiger partial charge in [-0.2, -0.15) is 5.10 Å². The molecular weight excluding hydrogens is 282 g/mol. The third-order valence-electron chi connectivity index (χ3n) is 3.24. The summed E-state index contributed by atoms with van der Waals surface area (Å²) in [4.78, 5) is 15.3. The lowest BCUT2D eigenvalue weighted by atomic mass is 10.1. The van der Waals surface area contributed by atoms with Crippen LogP contribution in [0.25, 0.3) is 22.7 Å². The minimum absolute atomic E-state index is 0.0187. The van der Waals surface area contributed by atoms with Crippen LogP contribution in [0.15, 0.2) is 41.1 Å². The molecule has 0 aliphatic carbocycles. The van der Waals surface area contributed by atoms with Gasteiger partial charge in [0.2, 0.25) is 5.89 Å². The van der Waals surface area contributed by atoms with Gasteiger partial charge in [-0.3, -0.25) is 9.48 Å². The topological polar surface area (TPSA) is 81.2 Å². The van der Waals surface area contributed by atoms with Crippen molar-refractivity contribution in [2.75, 3.05) is 0 Å². The first kappa shape index (κ1) is 14.1. The van der Waals surface area contributed by atoms with Crippen molar-refractivity contribution >= 4 is 28.7 Å². The van der Waals surface area contributed by atoms with Crippen molar-refractivity contribution in [1.82, 2.24) is 14.8 Å². The SMILES string of the molecule is Cn1cc(C=C(CCC(=O)O)c2nc3ccccc3o2)cn1. The smallest absolute Gasteiger partial charge is 0.303 e. The van der Waals surface area contributed by atoms with Crippen LogP contribution in [0.4, 0.5) is 0 Å². The summed E-state index contributed by atoms with van der Waals surface area (Å²) in [5, 5.41) is 13.0. The molecule has 6 heteroatoms. The molecule has 0 saturated heterocycles. The van der Waals surface area contributed by atoms with Crippen molar-refractivity contribution in [2.45, 2.75) is 12.8 Å². The molecule has 1 N–H and O–H groups in total. The van der Waals surface area contributed by atoms with Crippen LogP contribution in [-0.2, 0) is 11.8 Å². The molecule has 2 heterocycles. The number of aliphatic carboxylic acids is 1. The van der Waals surface area contributed by atoms with Gasteiger partial charge in [0, 0.05) is 30.8 Å². The van der Waals surface area contributed by atoms with E-state index in [9.17, 15) is 4.79 Å². The highest BCUT2D eigenvalue weighted by atomic mass is 16.4. The fourth-order valence-corrected chi connectivity index (χ4v) is 2.21. The molecule has 0 amide bonds. The van der Waals surface area contributed by atoms with E-state index in [0.29, 0.717) is 17.9 Å². The number of benzene rings is 1. The second-order valence-corrected chi connectivity index (χ2v) is 5.00. The van der Waals surface area contributed by atoms with E-state index in [-0.39, 0.29) is 6.42 Å². The second kappa shape index (κ2) is 5.85. The maximum absolute atomic E-state index is 10.9. The lowest BCUT2D eigenvalue weighted by molar-refractivity contribution is -0.136. The van der Waals surface area contributed by atoms with E-state index >= 15 is 0 Å². The van der Waals surface area contributed by atoms with Crippen LogP contribution in [0.5, 0.6) is 0 Å². The van der Waals surface area contributed by atoms with Gasteiger partial charge in [0.15, 0.2) is 5.58 Å². The summed E-state index contributed by atoms with van der Waals surface area (Å²) in [6.45, 7) is 0. The highest BCUT2D eigenvalue weighted by molar-refractivity contribution is 5.83. The normalized spacial score (nSPS) is 12.0. The minimum atomic E-state index is -0.854. The molecule has 0 saturated carbocycles. The first-order valence-electron chi connectivity index (χ1n) is 6.89. The molecule has 0 radical (unpaired) electrons. The third-order valence-corrected chi connectivity index (χ3v) is 3.24. The van der Waals surface area contributed by atoms with Crippen LogP contribution in [0.3, 0.4) is 0 Å². The van der Waals surface area contributed by atoms with Gasteiger partial charge in [0.25, 0.3) is 0 Å². The molecule has 112 valence electrons. The molecule has 22 heavy (non-hydrogen) atoms. The van der Waals surface area contributed by atoms with Crippen molar-refractivity contribution in [3.05, 3.63) is 48.1 Å².